The number of nitrogens with zero attached hydrogens (tertiary/aromatic N) is 1. The van der Waals surface area contributed by atoms with Gasteiger partial charge in [-0.1, -0.05) is 24.3 Å². The second-order valence-electron chi connectivity index (χ2n) is 2.27. The van der Waals surface area contributed by atoms with Crippen molar-refractivity contribution in [2.24, 2.45) is 0 Å². The molecule has 1 aliphatic rings. The standard InChI is InChI=1S/C8H8N2/c1-2-4-7-6-9-10-8(7)5-3-1/h1-2,4-6,10H,3H2. The number of H-pyrrole nitrogens is 1. The van der Waals surface area contributed by atoms with Crippen molar-refractivity contribution in [3.8, 4) is 0 Å². The minimum Gasteiger partial charge on any atom is -0.278 e. The summed E-state index contributed by atoms with van der Waals surface area (Å²) in [6, 6.07) is 0. The summed E-state index contributed by atoms with van der Waals surface area (Å²) in [4.78, 5) is 0. The fourth-order valence-electron chi connectivity index (χ4n) is 1.04. The maximum atomic E-state index is 3.92. The van der Waals surface area contributed by atoms with Gasteiger partial charge in [0.1, 0.15) is 0 Å². The van der Waals surface area contributed by atoms with Crippen molar-refractivity contribution in [1.29, 1.82) is 0 Å². The molecular weight excluding hydrogens is 124 g/mol. The highest BCUT2D eigenvalue weighted by molar-refractivity contribution is 5.41. The third kappa shape index (κ3) is 0.778. The Balaban J connectivity index is 2.82. The van der Waals surface area contributed by atoms with Gasteiger partial charge in [0.15, 0.2) is 0 Å². The molecule has 0 aliphatic heterocycles. The van der Waals surface area contributed by atoms with Crippen molar-refractivity contribution in [3.63, 3.8) is 0 Å². The van der Waals surface area contributed by atoms with Gasteiger partial charge in [0.2, 0.25) is 0 Å². The van der Waals surface area contributed by atoms with Crippen LogP contribution < -0.4 is 10.6 Å². The molecule has 10 heavy (non-hydrogen) atoms. The van der Waals surface area contributed by atoms with E-state index < -0.39 is 0 Å². The lowest BCUT2D eigenvalue weighted by Gasteiger charge is -1.73. The number of nitrogens with one attached hydrogen (secondary N) is 1. The number of hydrogen-bond donors (Lipinski definition) is 1. The van der Waals surface area contributed by atoms with E-state index >= 15 is 0 Å². The first-order chi connectivity index (χ1) is 4.97. The van der Waals surface area contributed by atoms with Gasteiger partial charge in [0.25, 0.3) is 0 Å². The maximum Gasteiger partial charge on any atom is 0.0613 e. The van der Waals surface area contributed by atoms with E-state index in [0.717, 1.165) is 11.8 Å². The smallest absolute Gasteiger partial charge is 0.0613 e. The van der Waals surface area contributed by atoms with Gasteiger partial charge in [-0.3, -0.25) is 5.10 Å². The molecule has 0 unspecified atom stereocenters. The fraction of sp³-hybridized carbons (Fsp3) is 0.125. The molecule has 1 heterocycles. The minimum atomic E-state index is 0.992. The zero-order valence-electron chi connectivity index (χ0n) is 5.54. The Morgan fingerprint density at radius 2 is 2.50 bits per heavy atom. The van der Waals surface area contributed by atoms with E-state index in [0.29, 0.717) is 0 Å². The largest absolute Gasteiger partial charge is 0.278 e. The highest BCUT2D eigenvalue weighted by Gasteiger charge is 1.86. The van der Waals surface area contributed by atoms with Crippen molar-refractivity contribution in [1.82, 2.24) is 10.2 Å². The highest BCUT2D eigenvalue weighted by Crippen LogP contribution is 1.86. The molecule has 2 rings (SSSR count). The predicted octanol–water partition coefficient (Wildman–Crippen LogP) is -0.0694. The van der Waals surface area contributed by atoms with Gasteiger partial charge in [-0.2, -0.15) is 5.10 Å². The van der Waals surface area contributed by atoms with E-state index in [1.807, 2.05) is 6.20 Å². The summed E-state index contributed by atoms with van der Waals surface area (Å²) in [5.41, 5.74) is 0. The first kappa shape index (κ1) is 5.47. The average Bonchev–Trinajstić information content (AvgIpc) is 2.28. The van der Waals surface area contributed by atoms with Gasteiger partial charge < -0.3 is 0 Å². The first-order valence-corrected chi connectivity index (χ1v) is 3.33. The SMILES string of the molecule is C1=CCC=c2[nH]ncc2=C1. The fourth-order valence-corrected chi connectivity index (χ4v) is 1.04. The van der Waals surface area contributed by atoms with Crippen LogP contribution in [0.15, 0.2) is 18.3 Å². The van der Waals surface area contributed by atoms with Crippen molar-refractivity contribution < 1.29 is 0 Å². The third-order valence-electron chi connectivity index (χ3n) is 1.57. The van der Waals surface area contributed by atoms with E-state index in [1.165, 1.54) is 5.22 Å². The molecule has 0 bridgehead atoms. The first-order valence-electron chi connectivity index (χ1n) is 3.33. The molecule has 2 nitrogen and oxygen atoms in total. The summed E-state index contributed by atoms with van der Waals surface area (Å²) in [5, 5.41) is 9.15. The molecule has 0 saturated heterocycles. The van der Waals surface area contributed by atoms with E-state index in [1.54, 1.807) is 0 Å². The summed E-state index contributed by atoms with van der Waals surface area (Å²) in [6.07, 6.45) is 11.2. The second-order valence-corrected chi connectivity index (χ2v) is 2.27. The van der Waals surface area contributed by atoms with Crippen molar-refractivity contribution >= 4 is 12.2 Å². The molecule has 0 saturated carbocycles. The van der Waals surface area contributed by atoms with Crippen LogP contribution in [0.3, 0.4) is 0 Å². The molecule has 0 atom stereocenters. The average molecular weight is 132 g/mol. The number of rotatable bonds is 0. The van der Waals surface area contributed by atoms with Gasteiger partial charge >= 0.3 is 0 Å². The van der Waals surface area contributed by atoms with E-state index in [2.05, 4.69) is 34.5 Å². The van der Waals surface area contributed by atoms with Gasteiger partial charge in [0, 0.05) is 5.22 Å². The topological polar surface area (TPSA) is 28.7 Å². The Labute approximate surface area is 58.6 Å². The van der Waals surface area contributed by atoms with Gasteiger partial charge in [-0.05, 0) is 6.42 Å². The molecule has 50 valence electrons. The summed E-state index contributed by atoms with van der Waals surface area (Å²) in [6.45, 7) is 0. The van der Waals surface area contributed by atoms with Crippen LogP contribution in [0.1, 0.15) is 6.42 Å². The van der Waals surface area contributed by atoms with Crippen LogP contribution in [0.2, 0.25) is 0 Å². The number of hydrogen-bond acceptors (Lipinski definition) is 1. The van der Waals surface area contributed by atoms with E-state index in [9.17, 15) is 0 Å². The van der Waals surface area contributed by atoms with Gasteiger partial charge in [-0.15, -0.1) is 0 Å². The van der Waals surface area contributed by atoms with Crippen LogP contribution in [0.4, 0.5) is 0 Å². The molecule has 0 amide bonds. The summed E-state index contributed by atoms with van der Waals surface area (Å²) in [7, 11) is 0. The summed E-state index contributed by atoms with van der Waals surface area (Å²) in [5.74, 6) is 0. The Hall–Kier alpha value is -1.31. The van der Waals surface area contributed by atoms with Crippen LogP contribution in [-0.4, -0.2) is 10.2 Å². The Bertz CT molecular complexity index is 357. The molecule has 2 heteroatoms. The van der Waals surface area contributed by atoms with Crippen molar-refractivity contribution in [2.45, 2.75) is 6.42 Å². The maximum absolute atomic E-state index is 3.92. The molecule has 1 aromatic rings. The quantitative estimate of drug-likeness (QED) is 0.526. The molecule has 0 radical (unpaired) electrons. The van der Waals surface area contributed by atoms with E-state index in [-0.39, 0.29) is 0 Å². The zero-order valence-corrected chi connectivity index (χ0v) is 5.54. The Morgan fingerprint density at radius 1 is 1.50 bits per heavy atom. The molecule has 0 fully saturated rings. The summed E-state index contributed by atoms with van der Waals surface area (Å²) >= 11 is 0. The lowest BCUT2D eigenvalue weighted by molar-refractivity contribution is 1.06. The second kappa shape index (κ2) is 2.14. The van der Waals surface area contributed by atoms with Crippen LogP contribution in [0.25, 0.3) is 12.2 Å². The van der Waals surface area contributed by atoms with Crippen LogP contribution in [0.5, 0.6) is 0 Å². The number of aromatic amines is 1. The van der Waals surface area contributed by atoms with Gasteiger partial charge in [-0.25, -0.2) is 0 Å². The third-order valence-corrected chi connectivity index (χ3v) is 1.57. The number of fused-ring (bicyclic) bond motifs is 1. The van der Waals surface area contributed by atoms with Gasteiger partial charge in [0.05, 0.1) is 11.5 Å². The van der Waals surface area contributed by atoms with Crippen LogP contribution in [-0.2, 0) is 0 Å². The van der Waals surface area contributed by atoms with Crippen LogP contribution in [0, 0.1) is 0 Å². The van der Waals surface area contributed by atoms with Crippen molar-refractivity contribution in [3.05, 3.63) is 28.9 Å². The monoisotopic (exact) mass is 132 g/mol. The summed E-state index contributed by atoms with van der Waals surface area (Å²) < 4.78 is 0. The number of aromatic nitrogens is 2. The highest BCUT2D eigenvalue weighted by atomic mass is 15.1. The zero-order chi connectivity index (χ0) is 6.81. The molecule has 0 aromatic carbocycles. The molecular formula is C8H8N2. The molecule has 1 aliphatic carbocycles. The van der Waals surface area contributed by atoms with E-state index in [4.69, 9.17) is 0 Å². The van der Waals surface area contributed by atoms with Crippen molar-refractivity contribution in [2.75, 3.05) is 0 Å². The van der Waals surface area contributed by atoms with Crippen LogP contribution >= 0.6 is 0 Å². The molecule has 1 aromatic heterocycles. The Morgan fingerprint density at radius 3 is 3.50 bits per heavy atom. The predicted molar refractivity (Wildman–Crippen MR) is 40.5 cm³/mol. The molecule has 1 N–H and O–H groups in total. The molecule has 0 spiro atoms. The Kier molecular flexibility index (Phi) is 1.17. The minimum absolute atomic E-state index is 0.992. The lowest BCUT2D eigenvalue weighted by atomic mass is 10.4. The normalized spacial score (nSPS) is 14.8. The lowest BCUT2D eigenvalue weighted by Crippen LogP contribution is -2.20. The number of allylic oxidation sites excluding steroid dienone is 2.